The van der Waals surface area contributed by atoms with E-state index < -0.39 is 0 Å². The monoisotopic (exact) mass is 320 g/mol. The number of methoxy groups -OCH3 is 2. The smallest absolute Gasteiger partial charge is 0.323 e. The van der Waals surface area contributed by atoms with Crippen molar-refractivity contribution in [3.8, 4) is 11.5 Å². The summed E-state index contributed by atoms with van der Waals surface area (Å²) in [6.07, 6.45) is 0. The van der Waals surface area contributed by atoms with Gasteiger partial charge in [-0.25, -0.2) is 4.79 Å². The number of hydrogen-bond acceptors (Lipinski definition) is 3. The quantitative estimate of drug-likeness (QED) is 0.882. The third kappa shape index (κ3) is 3.83. The van der Waals surface area contributed by atoms with Gasteiger partial charge in [0, 0.05) is 22.5 Å². The summed E-state index contributed by atoms with van der Waals surface area (Å²) in [6.45, 7) is 1.87. The van der Waals surface area contributed by atoms with Crippen molar-refractivity contribution in [3.05, 3.63) is 47.0 Å². The van der Waals surface area contributed by atoms with E-state index in [0.29, 0.717) is 27.9 Å². The number of rotatable bonds is 4. The summed E-state index contributed by atoms with van der Waals surface area (Å²) in [4.78, 5) is 12.0. The molecule has 0 aliphatic carbocycles. The van der Waals surface area contributed by atoms with Crippen LogP contribution in [0.4, 0.5) is 16.2 Å². The van der Waals surface area contributed by atoms with E-state index in [2.05, 4.69) is 10.6 Å². The second-order valence-corrected chi connectivity index (χ2v) is 5.04. The van der Waals surface area contributed by atoms with E-state index in [0.717, 1.165) is 5.56 Å². The van der Waals surface area contributed by atoms with Crippen LogP contribution in [0.25, 0.3) is 0 Å². The number of carbonyl (C=O) groups is 1. The third-order valence-corrected chi connectivity index (χ3v) is 3.31. The summed E-state index contributed by atoms with van der Waals surface area (Å²) in [5.41, 5.74) is 2.18. The van der Waals surface area contributed by atoms with Crippen LogP contribution in [0.2, 0.25) is 5.02 Å². The lowest BCUT2D eigenvalue weighted by molar-refractivity contribution is 0.262. The maximum Gasteiger partial charge on any atom is 0.323 e. The number of benzene rings is 2. The first-order valence-electron chi connectivity index (χ1n) is 6.59. The van der Waals surface area contributed by atoms with Crippen LogP contribution >= 0.6 is 11.6 Å². The molecule has 5 nitrogen and oxygen atoms in total. The molecule has 2 amide bonds. The van der Waals surface area contributed by atoms with E-state index in [1.165, 1.54) is 0 Å². The van der Waals surface area contributed by atoms with Crippen LogP contribution < -0.4 is 20.1 Å². The average Bonchev–Trinajstić information content (AvgIpc) is 2.50. The fourth-order valence-electron chi connectivity index (χ4n) is 1.97. The molecule has 6 heteroatoms. The lowest BCUT2D eigenvalue weighted by Crippen LogP contribution is -2.20. The molecule has 0 fully saturated rings. The minimum Gasteiger partial charge on any atom is -0.493 e. The summed E-state index contributed by atoms with van der Waals surface area (Å²) >= 11 is 5.89. The van der Waals surface area contributed by atoms with Gasteiger partial charge in [-0.15, -0.1) is 0 Å². The molecule has 2 rings (SSSR count). The second-order valence-electron chi connectivity index (χ2n) is 4.61. The van der Waals surface area contributed by atoms with Gasteiger partial charge in [-0.2, -0.15) is 0 Å². The van der Waals surface area contributed by atoms with Crippen molar-refractivity contribution in [3.63, 3.8) is 0 Å². The molecule has 0 radical (unpaired) electrons. The number of hydrogen-bond donors (Lipinski definition) is 2. The van der Waals surface area contributed by atoms with Crippen molar-refractivity contribution in [2.75, 3.05) is 24.9 Å². The zero-order valence-corrected chi connectivity index (χ0v) is 13.3. The van der Waals surface area contributed by atoms with Gasteiger partial charge in [0.2, 0.25) is 0 Å². The Balaban J connectivity index is 2.08. The van der Waals surface area contributed by atoms with Crippen molar-refractivity contribution >= 4 is 29.0 Å². The molecule has 2 N–H and O–H groups in total. The second kappa shape index (κ2) is 7.04. The number of nitrogens with one attached hydrogen (secondary N) is 2. The number of amides is 2. The van der Waals surface area contributed by atoms with Gasteiger partial charge >= 0.3 is 6.03 Å². The van der Waals surface area contributed by atoms with Gasteiger partial charge in [0.1, 0.15) is 0 Å². The molecular formula is C16H17ClN2O3. The highest BCUT2D eigenvalue weighted by atomic mass is 35.5. The molecule has 0 bridgehead atoms. The minimum atomic E-state index is -0.349. The summed E-state index contributed by atoms with van der Waals surface area (Å²) in [5, 5.41) is 6.14. The molecule has 0 saturated carbocycles. The number of anilines is 2. The van der Waals surface area contributed by atoms with Crippen molar-refractivity contribution < 1.29 is 14.3 Å². The lowest BCUT2D eigenvalue weighted by Gasteiger charge is -2.12. The zero-order valence-electron chi connectivity index (χ0n) is 12.6. The Labute approximate surface area is 134 Å². The van der Waals surface area contributed by atoms with Crippen LogP contribution in [0.15, 0.2) is 36.4 Å². The van der Waals surface area contributed by atoms with E-state index in [1.807, 2.05) is 6.92 Å². The molecule has 0 spiro atoms. The fraction of sp³-hybridized carbons (Fsp3) is 0.188. The highest BCUT2D eigenvalue weighted by Crippen LogP contribution is 2.29. The number of ether oxygens (including phenoxy) is 2. The first-order valence-corrected chi connectivity index (χ1v) is 6.97. The SMILES string of the molecule is COc1ccc(NC(=O)Nc2ccc(Cl)cc2C)cc1OC. The molecule has 0 aliphatic heterocycles. The molecule has 116 valence electrons. The lowest BCUT2D eigenvalue weighted by atomic mass is 10.2. The normalized spacial score (nSPS) is 10.0. The molecule has 0 aromatic heterocycles. The first kappa shape index (κ1) is 16.0. The molecule has 0 unspecified atom stereocenters. The molecule has 22 heavy (non-hydrogen) atoms. The van der Waals surface area contributed by atoms with Crippen LogP contribution in [-0.4, -0.2) is 20.3 Å². The minimum absolute atomic E-state index is 0.349. The standard InChI is InChI=1S/C16H17ClN2O3/c1-10-8-11(17)4-6-13(10)19-16(20)18-12-5-7-14(21-2)15(9-12)22-3/h4-9H,1-3H3,(H2,18,19,20). The molecule has 0 saturated heterocycles. The molecule has 2 aromatic carbocycles. The highest BCUT2D eigenvalue weighted by Gasteiger charge is 2.08. The number of urea groups is 1. The van der Waals surface area contributed by atoms with Crippen LogP contribution in [0.5, 0.6) is 11.5 Å². The summed E-state index contributed by atoms with van der Waals surface area (Å²) in [6, 6.07) is 10.1. The van der Waals surface area contributed by atoms with E-state index in [1.54, 1.807) is 50.6 Å². The largest absolute Gasteiger partial charge is 0.493 e. The molecule has 0 aliphatic rings. The van der Waals surface area contributed by atoms with E-state index in [4.69, 9.17) is 21.1 Å². The van der Waals surface area contributed by atoms with Crippen LogP contribution in [-0.2, 0) is 0 Å². The number of halogens is 1. The summed E-state index contributed by atoms with van der Waals surface area (Å²) < 4.78 is 10.4. The zero-order chi connectivity index (χ0) is 16.1. The highest BCUT2D eigenvalue weighted by molar-refractivity contribution is 6.30. The topological polar surface area (TPSA) is 59.6 Å². The first-order chi connectivity index (χ1) is 10.5. The van der Waals surface area contributed by atoms with Crippen LogP contribution in [0, 0.1) is 6.92 Å². The Kier molecular flexibility index (Phi) is 5.12. The molecular weight excluding hydrogens is 304 g/mol. The van der Waals surface area contributed by atoms with Crippen molar-refractivity contribution in [2.24, 2.45) is 0 Å². The Hall–Kier alpha value is -2.40. The summed E-state index contributed by atoms with van der Waals surface area (Å²) in [7, 11) is 3.10. The van der Waals surface area contributed by atoms with Gasteiger partial charge in [-0.1, -0.05) is 11.6 Å². The molecule has 0 atom stereocenters. The van der Waals surface area contributed by atoms with E-state index in [9.17, 15) is 4.79 Å². The summed E-state index contributed by atoms with van der Waals surface area (Å²) in [5.74, 6) is 1.14. The predicted molar refractivity (Wildman–Crippen MR) is 88.4 cm³/mol. The van der Waals surface area contributed by atoms with Crippen LogP contribution in [0.1, 0.15) is 5.56 Å². The number of carbonyl (C=O) groups excluding carboxylic acids is 1. The Morgan fingerprint density at radius 3 is 2.36 bits per heavy atom. The Bertz CT molecular complexity index is 689. The van der Waals surface area contributed by atoms with Crippen LogP contribution in [0.3, 0.4) is 0 Å². The van der Waals surface area contributed by atoms with Gasteiger partial charge < -0.3 is 20.1 Å². The van der Waals surface area contributed by atoms with Gasteiger partial charge in [0.05, 0.1) is 14.2 Å². The maximum atomic E-state index is 12.0. The molecule has 2 aromatic rings. The third-order valence-electron chi connectivity index (χ3n) is 3.08. The van der Waals surface area contributed by atoms with Gasteiger partial charge in [-0.05, 0) is 42.8 Å². The van der Waals surface area contributed by atoms with Gasteiger partial charge in [-0.3, -0.25) is 0 Å². The number of aryl methyl sites for hydroxylation is 1. The van der Waals surface area contributed by atoms with Gasteiger partial charge in [0.15, 0.2) is 11.5 Å². The molecule has 0 heterocycles. The maximum absolute atomic E-state index is 12.0. The van der Waals surface area contributed by atoms with Crippen molar-refractivity contribution in [1.82, 2.24) is 0 Å². The average molecular weight is 321 g/mol. The van der Waals surface area contributed by atoms with Crippen molar-refractivity contribution in [2.45, 2.75) is 6.92 Å². The fourth-order valence-corrected chi connectivity index (χ4v) is 2.19. The predicted octanol–water partition coefficient (Wildman–Crippen LogP) is 4.31. The van der Waals surface area contributed by atoms with E-state index >= 15 is 0 Å². The Morgan fingerprint density at radius 2 is 1.73 bits per heavy atom. The van der Waals surface area contributed by atoms with Crippen molar-refractivity contribution in [1.29, 1.82) is 0 Å². The Morgan fingerprint density at radius 1 is 1.00 bits per heavy atom. The van der Waals surface area contributed by atoms with Gasteiger partial charge in [0.25, 0.3) is 0 Å². The van der Waals surface area contributed by atoms with E-state index in [-0.39, 0.29) is 6.03 Å².